The maximum Gasteiger partial charge on any atom is 0.303 e. The number of hydrogen-bond donors (Lipinski definition) is 1. The third kappa shape index (κ3) is 3.48. The summed E-state index contributed by atoms with van der Waals surface area (Å²) in [5.41, 5.74) is 2.06. The van der Waals surface area contributed by atoms with Crippen LogP contribution in [-0.2, 0) is 18.4 Å². The van der Waals surface area contributed by atoms with Crippen molar-refractivity contribution in [2.75, 3.05) is 13.1 Å². The molecule has 1 aliphatic heterocycles. The van der Waals surface area contributed by atoms with Gasteiger partial charge in [-0.1, -0.05) is 11.6 Å². The molecule has 1 aromatic heterocycles. The molecule has 0 saturated carbocycles. The maximum absolute atomic E-state index is 10.7. The van der Waals surface area contributed by atoms with Crippen molar-refractivity contribution >= 4 is 17.6 Å². The van der Waals surface area contributed by atoms with Crippen LogP contribution in [0.2, 0.25) is 5.15 Å². The predicted molar refractivity (Wildman–Crippen MR) is 73.2 cm³/mol. The summed E-state index contributed by atoms with van der Waals surface area (Å²) in [7, 11) is 1.85. The molecule has 2 heterocycles. The average Bonchev–Trinajstić information content (AvgIpc) is 2.58. The fourth-order valence-electron chi connectivity index (χ4n) is 2.67. The van der Waals surface area contributed by atoms with E-state index in [1.54, 1.807) is 4.68 Å². The lowest BCUT2D eigenvalue weighted by atomic mass is 9.93. The molecule has 19 heavy (non-hydrogen) atoms. The van der Waals surface area contributed by atoms with Gasteiger partial charge in [0.1, 0.15) is 5.15 Å². The molecule has 1 fully saturated rings. The smallest absolute Gasteiger partial charge is 0.303 e. The van der Waals surface area contributed by atoms with Crippen molar-refractivity contribution in [1.82, 2.24) is 14.7 Å². The van der Waals surface area contributed by atoms with E-state index in [0.717, 1.165) is 43.7 Å². The molecular formula is C13H20ClN3O2. The van der Waals surface area contributed by atoms with Crippen LogP contribution in [0.4, 0.5) is 0 Å². The number of rotatable bonds is 4. The number of hydrogen-bond acceptors (Lipinski definition) is 3. The lowest BCUT2D eigenvalue weighted by Gasteiger charge is -2.31. The van der Waals surface area contributed by atoms with E-state index in [4.69, 9.17) is 16.7 Å². The minimum absolute atomic E-state index is 0.292. The van der Waals surface area contributed by atoms with Crippen LogP contribution in [0.15, 0.2) is 0 Å². The van der Waals surface area contributed by atoms with Crippen molar-refractivity contribution in [3.05, 3.63) is 16.4 Å². The van der Waals surface area contributed by atoms with E-state index in [1.807, 2.05) is 14.0 Å². The van der Waals surface area contributed by atoms with Gasteiger partial charge in [0.15, 0.2) is 0 Å². The lowest BCUT2D eigenvalue weighted by molar-refractivity contribution is -0.138. The molecule has 2 rings (SSSR count). The number of nitrogens with zero attached hydrogens (tertiary/aromatic N) is 3. The normalized spacial score (nSPS) is 17.8. The number of halogens is 1. The lowest BCUT2D eigenvalue weighted by Crippen LogP contribution is -2.34. The standard InChI is InChI=1S/C13H20ClN3O2/c1-9-11(13(14)16(2)15-9)8-17-5-3-10(4-6-17)7-12(18)19/h10H,3-8H2,1-2H3,(H,18,19). The van der Waals surface area contributed by atoms with Gasteiger partial charge in [0, 0.05) is 25.6 Å². The largest absolute Gasteiger partial charge is 0.481 e. The van der Waals surface area contributed by atoms with Crippen LogP contribution in [0.3, 0.4) is 0 Å². The molecule has 0 spiro atoms. The molecule has 0 aromatic carbocycles. The van der Waals surface area contributed by atoms with Crippen molar-refractivity contribution in [3.63, 3.8) is 0 Å². The Morgan fingerprint density at radius 2 is 2.11 bits per heavy atom. The molecular weight excluding hydrogens is 266 g/mol. The maximum atomic E-state index is 10.7. The summed E-state index contributed by atoms with van der Waals surface area (Å²) in [5, 5.41) is 13.8. The second-order valence-corrected chi connectivity index (χ2v) is 5.65. The highest BCUT2D eigenvalue weighted by molar-refractivity contribution is 6.30. The van der Waals surface area contributed by atoms with E-state index < -0.39 is 5.97 Å². The van der Waals surface area contributed by atoms with Crippen LogP contribution >= 0.6 is 11.6 Å². The van der Waals surface area contributed by atoms with E-state index in [-0.39, 0.29) is 0 Å². The topological polar surface area (TPSA) is 58.4 Å². The molecule has 106 valence electrons. The highest BCUT2D eigenvalue weighted by Gasteiger charge is 2.23. The van der Waals surface area contributed by atoms with Gasteiger partial charge in [-0.15, -0.1) is 0 Å². The summed E-state index contributed by atoms with van der Waals surface area (Å²) < 4.78 is 1.70. The van der Waals surface area contributed by atoms with Gasteiger partial charge in [-0.2, -0.15) is 5.10 Å². The van der Waals surface area contributed by atoms with E-state index in [0.29, 0.717) is 17.5 Å². The summed E-state index contributed by atoms with van der Waals surface area (Å²) in [6, 6.07) is 0. The molecule has 1 aromatic rings. The summed E-state index contributed by atoms with van der Waals surface area (Å²) in [6.07, 6.45) is 2.19. The van der Waals surface area contributed by atoms with Crippen molar-refractivity contribution in [3.8, 4) is 0 Å². The van der Waals surface area contributed by atoms with Crippen molar-refractivity contribution in [2.24, 2.45) is 13.0 Å². The van der Waals surface area contributed by atoms with Gasteiger partial charge in [0.25, 0.3) is 0 Å². The zero-order valence-electron chi connectivity index (χ0n) is 11.4. The van der Waals surface area contributed by atoms with Crippen LogP contribution in [0, 0.1) is 12.8 Å². The summed E-state index contributed by atoms with van der Waals surface area (Å²) in [5.74, 6) is -0.371. The molecule has 0 bridgehead atoms. The molecule has 6 heteroatoms. The number of aryl methyl sites for hydroxylation is 2. The monoisotopic (exact) mass is 285 g/mol. The molecule has 1 saturated heterocycles. The molecule has 0 radical (unpaired) electrons. The number of aliphatic carboxylic acids is 1. The average molecular weight is 286 g/mol. The van der Waals surface area contributed by atoms with E-state index in [9.17, 15) is 4.79 Å². The highest BCUT2D eigenvalue weighted by Crippen LogP contribution is 2.25. The van der Waals surface area contributed by atoms with Crippen molar-refractivity contribution < 1.29 is 9.90 Å². The molecule has 5 nitrogen and oxygen atoms in total. The first kappa shape index (κ1) is 14.3. The first-order valence-electron chi connectivity index (χ1n) is 6.59. The SMILES string of the molecule is Cc1nn(C)c(Cl)c1CN1CCC(CC(=O)O)CC1. The number of carbonyl (C=O) groups is 1. The number of carboxylic acids is 1. The first-order valence-corrected chi connectivity index (χ1v) is 6.97. The highest BCUT2D eigenvalue weighted by atomic mass is 35.5. The number of aromatic nitrogens is 2. The zero-order valence-corrected chi connectivity index (χ0v) is 12.2. The van der Waals surface area contributed by atoms with Gasteiger partial charge in [-0.3, -0.25) is 14.4 Å². The minimum Gasteiger partial charge on any atom is -0.481 e. The minimum atomic E-state index is -0.690. The van der Waals surface area contributed by atoms with E-state index >= 15 is 0 Å². The van der Waals surface area contributed by atoms with Crippen LogP contribution in [0.5, 0.6) is 0 Å². The van der Waals surface area contributed by atoms with Crippen LogP contribution in [0.25, 0.3) is 0 Å². The van der Waals surface area contributed by atoms with Crippen molar-refractivity contribution in [2.45, 2.75) is 32.7 Å². The Labute approximate surface area is 118 Å². The third-order valence-corrected chi connectivity index (χ3v) is 4.29. The second-order valence-electron chi connectivity index (χ2n) is 5.30. The number of likely N-dealkylation sites (tertiary alicyclic amines) is 1. The third-order valence-electron chi connectivity index (χ3n) is 3.82. The van der Waals surface area contributed by atoms with Gasteiger partial charge in [0.05, 0.1) is 5.69 Å². The number of carboxylic acid groups (broad SMARTS) is 1. The predicted octanol–water partition coefficient (Wildman–Crippen LogP) is 2.07. The Morgan fingerprint density at radius 1 is 1.47 bits per heavy atom. The summed E-state index contributed by atoms with van der Waals surface area (Å²) >= 11 is 6.23. The first-order chi connectivity index (χ1) is 8.97. The van der Waals surface area contributed by atoms with Crippen LogP contribution in [0.1, 0.15) is 30.5 Å². The van der Waals surface area contributed by atoms with Gasteiger partial charge < -0.3 is 5.11 Å². The molecule has 1 N–H and O–H groups in total. The fourth-order valence-corrected chi connectivity index (χ4v) is 2.91. The van der Waals surface area contributed by atoms with E-state index in [1.165, 1.54) is 0 Å². The Balaban J connectivity index is 1.90. The Hall–Kier alpha value is -1.07. The molecule has 0 unspecified atom stereocenters. The Morgan fingerprint density at radius 3 is 2.58 bits per heavy atom. The summed E-state index contributed by atoms with van der Waals surface area (Å²) in [6.45, 7) is 4.64. The van der Waals surface area contributed by atoms with Gasteiger partial charge in [0.2, 0.25) is 0 Å². The second kappa shape index (κ2) is 5.92. The molecule has 0 aliphatic carbocycles. The quantitative estimate of drug-likeness (QED) is 0.920. The van der Waals surface area contributed by atoms with Crippen LogP contribution < -0.4 is 0 Å². The Kier molecular flexibility index (Phi) is 4.47. The van der Waals surface area contributed by atoms with Crippen molar-refractivity contribution in [1.29, 1.82) is 0 Å². The summed E-state index contributed by atoms with van der Waals surface area (Å²) in [4.78, 5) is 13.0. The Bertz CT molecular complexity index is 465. The molecule has 1 aliphatic rings. The van der Waals surface area contributed by atoms with Gasteiger partial charge in [-0.25, -0.2) is 0 Å². The van der Waals surface area contributed by atoms with Gasteiger partial charge >= 0.3 is 5.97 Å². The van der Waals surface area contributed by atoms with E-state index in [2.05, 4.69) is 10.00 Å². The number of piperidine rings is 1. The fraction of sp³-hybridized carbons (Fsp3) is 0.692. The molecule has 0 amide bonds. The van der Waals surface area contributed by atoms with Gasteiger partial charge in [-0.05, 0) is 38.8 Å². The molecule has 0 atom stereocenters. The van der Waals surface area contributed by atoms with Crippen LogP contribution in [-0.4, -0.2) is 38.8 Å². The zero-order chi connectivity index (χ0) is 14.0.